The molecular weight excluding hydrogens is 454 g/mol. The number of anilines is 1. The summed E-state index contributed by atoms with van der Waals surface area (Å²) < 4.78 is 7.35. The van der Waals surface area contributed by atoms with Gasteiger partial charge in [0.15, 0.2) is 11.8 Å². The normalized spacial score (nSPS) is 16.0. The monoisotopic (exact) mass is 473 g/mol. The molecule has 0 saturated heterocycles. The zero-order chi connectivity index (χ0) is 21.4. The van der Waals surface area contributed by atoms with Crippen molar-refractivity contribution in [2.75, 3.05) is 5.32 Å². The fourth-order valence-electron chi connectivity index (χ4n) is 3.72. The van der Waals surface area contributed by atoms with E-state index in [0.717, 1.165) is 14.7 Å². The second-order valence-electron chi connectivity index (χ2n) is 7.12. The molecule has 2 heterocycles. The Hall–Kier alpha value is -2.91. The quantitative estimate of drug-likeness (QED) is 0.503. The van der Waals surface area contributed by atoms with Gasteiger partial charge in [-0.15, -0.1) is 0 Å². The van der Waals surface area contributed by atoms with Crippen molar-refractivity contribution < 1.29 is 19.7 Å². The highest BCUT2D eigenvalue weighted by Gasteiger charge is 2.26. The van der Waals surface area contributed by atoms with E-state index in [-0.39, 0.29) is 6.42 Å². The first-order valence-electron chi connectivity index (χ1n) is 9.56. The third kappa shape index (κ3) is 3.66. The molecule has 0 saturated carbocycles. The highest BCUT2D eigenvalue weighted by molar-refractivity contribution is 9.10. The molecule has 2 unspecified atom stereocenters. The van der Waals surface area contributed by atoms with E-state index in [1.165, 1.54) is 0 Å². The lowest BCUT2D eigenvalue weighted by molar-refractivity contribution is -0.141. The molecule has 30 heavy (non-hydrogen) atoms. The van der Waals surface area contributed by atoms with Gasteiger partial charge in [0.1, 0.15) is 0 Å². The zero-order valence-corrected chi connectivity index (χ0v) is 17.7. The Kier molecular flexibility index (Phi) is 5.48. The molecule has 1 aliphatic heterocycles. The van der Waals surface area contributed by atoms with Crippen LogP contribution in [0.25, 0.3) is 10.8 Å². The van der Waals surface area contributed by atoms with Crippen LogP contribution in [0.2, 0.25) is 0 Å². The topological polar surface area (TPSA) is 114 Å². The summed E-state index contributed by atoms with van der Waals surface area (Å²) in [5.41, 5.74) is 1.51. The van der Waals surface area contributed by atoms with Crippen molar-refractivity contribution >= 4 is 38.4 Å². The van der Waals surface area contributed by atoms with Gasteiger partial charge in [-0.05, 0) is 24.6 Å². The number of hydrogen-bond donors (Lipinski definition) is 3. The number of benzene rings is 2. The number of nitrogens with one attached hydrogen (secondary N) is 1. The summed E-state index contributed by atoms with van der Waals surface area (Å²) in [4.78, 5) is 24.8. The smallest absolute Gasteiger partial charge is 0.328 e. The number of aromatic nitrogens is 2. The maximum atomic E-state index is 13.0. The maximum absolute atomic E-state index is 13.0. The van der Waals surface area contributed by atoms with Crippen LogP contribution in [0.1, 0.15) is 37.1 Å². The van der Waals surface area contributed by atoms with Gasteiger partial charge in [0.25, 0.3) is 12.0 Å². The third-order valence-electron chi connectivity index (χ3n) is 5.04. The molecule has 4 rings (SSSR count). The van der Waals surface area contributed by atoms with E-state index in [2.05, 4.69) is 26.3 Å². The summed E-state index contributed by atoms with van der Waals surface area (Å²) in [7, 11) is 0. The number of carboxylic acids is 1. The van der Waals surface area contributed by atoms with Crippen molar-refractivity contribution in [3.63, 3.8) is 0 Å². The van der Waals surface area contributed by atoms with Gasteiger partial charge < -0.3 is 20.3 Å². The number of aliphatic carboxylic acids is 1. The van der Waals surface area contributed by atoms with Crippen LogP contribution in [0.15, 0.2) is 45.7 Å². The van der Waals surface area contributed by atoms with Crippen LogP contribution >= 0.6 is 15.9 Å². The van der Waals surface area contributed by atoms with E-state index in [1.54, 1.807) is 24.3 Å². The van der Waals surface area contributed by atoms with Crippen molar-refractivity contribution in [2.45, 2.75) is 38.6 Å². The molecule has 8 nitrogen and oxygen atoms in total. The van der Waals surface area contributed by atoms with E-state index in [1.807, 2.05) is 19.1 Å². The minimum Gasteiger partial charge on any atom is -0.480 e. The SMILES string of the molecule is CCCC(C(=O)O)n1nc(Cc2cc(Br)cc3c2OC(O)N3)c2ccccc2c1=O. The van der Waals surface area contributed by atoms with E-state index >= 15 is 0 Å². The Morgan fingerprint density at radius 3 is 2.77 bits per heavy atom. The Labute approximate surface area is 180 Å². The van der Waals surface area contributed by atoms with Crippen molar-refractivity contribution in [1.82, 2.24) is 9.78 Å². The molecular formula is C21H20BrN3O5. The number of ether oxygens (including phenoxy) is 1. The summed E-state index contributed by atoms with van der Waals surface area (Å²) in [5, 5.41) is 27.8. The molecule has 0 fully saturated rings. The second kappa shape index (κ2) is 8.08. The molecule has 1 aliphatic rings. The van der Waals surface area contributed by atoms with Crippen LogP contribution < -0.4 is 15.6 Å². The molecule has 156 valence electrons. The van der Waals surface area contributed by atoms with E-state index in [4.69, 9.17) is 4.74 Å². The maximum Gasteiger partial charge on any atom is 0.328 e. The summed E-state index contributed by atoms with van der Waals surface area (Å²) in [6.45, 7) is 1.86. The third-order valence-corrected chi connectivity index (χ3v) is 5.50. The van der Waals surface area contributed by atoms with Gasteiger partial charge in [0, 0.05) is 21.8 Å². The average Bonchev–Trinajstić information content (AvgIpc) is 3.08. The van der Waals surface area contributed by atoms with Gasteiger partial charge >= 0.3 is 5.97 Å². The average molecular weight is 474 g/mol. The van der Waals surface area contributed by atoms with Crippen LogP contribution in [0.5, 0.6) is 5.75 Å². The molecule has 0 amide bonds. The summed E-state index contributed by atoms with van der Waals surface area (Å²) in [6.07, 6.45) is 0.0396. The predicted octanol–water partition coefficient (Wildman–Crippen LogP) is 3.26. The van der Waals surface area contributed by atoms with Gasteiger partial charge in [0.05, 0.1) is 16.8 Å². The van der Waals surface area contributed by atoms with E-state index < -0.39 is 24.0 Å². The predicted molar refractivity (Wildman–Crippen MR) is 115 cm³/mol. The summed E-state index contributed by atoms with van der Waals surface area (Å²) in [5.74, 6) is -0.593. The lowest BCUT2D eigenvalue weighted by Gasteiger charge is -2.17. The number of fused-ring (bicyclic) bond motifs is 2. The molecule has 0 aliphatic carbocycles. The largest absolute Gasteiger partial charge is 0.480 e. The van der Waals surface area contributed by atoms with Crippen LogP contribution in [0, 0.1) is 0 Å². The van der Waals surface area contributed by atoms with Gasteiger partial charge in [-0.2, -0.15) is 5.10 Å². The number of hydrogen-bond acceptors (Lipinski definition) is 6. The minimum atomic E-state index is -1.15. The number of nitrogens with zero attached hydrogens (tertiary/aromatic N) is 2. The van der Waals surface area contributed by atoms with Gasteiger partial charge in [-0.3, -0.25) is 4.79 Å². The highest BCUT2D eigenvalue weighted by Crippen LogP contribution is 2.39. The number of aliphatic hydroxyl groups excluding tert-OH is 1. The van der Waals surface area contributed by atoms with Crippen molar-refractivity contribution in [2.24, 2.45) is 0 Å². The number of rotatable bonds is 6. The molecule has 3 N–H and O–H groups in total. The molecule has 0 radical (unpaired) electrons. The highest BCUT2D eigenvalue weighted by atomic mass is 79.9. The number of halogens is 1. The molecule has 2 atom stereocenters. The van der Waals surface area contributed by atoms with Crippen LogP contribution in [-0.2, 0) is 11.2 Å². The van der Waals surface area contributed by atoms with Crippen LogP contribution in [-0.4, -0.2) is 32.4 Å². The molecule has 0 spiro atoms. The Morgan fingerprint density at radius 1 is 1.33 bits per heavy atom. The van der Waals surface area contributed by atoms with Crippen molar-refractivity contribution in [3.8, 4) is 5.75 Å². The molecule has 0 bridgehead atoms. The number of carbonyl (C=O) groups is 1. The molecule has 2 aromatic carbocycles. The van der Waals surface area contributed by atoms with Gasteiger partial charge in [0.2, 0.25) is 0 Å². The summed E-state index contributed by atoms with van der Waals surface area (Å²) in [6, 6.07) is 9.63. The Morgan fingerprint density at radius 2 is 2.07 bits per heavy atom. The number of aliphatic hydroxyl groups is 1. The Bertz CT molecular complexity index is 1190. The second-order valence-corrected chi connectivity index (χ2v) is 8.03. The van der Waals surface area contributed by atoms with Crippen molar-refractivity contribution in [3.05, 3.63) is 62.5 Å². The first-order chi connectivity index (χ1) is 14.4. The standard InChI is InChI=1S/C21H20BrN3O5/c1-2-5-17(20(27)28)25-19(26)14-7-4-3-6-13(14)15(24-25)9-11-8-12(22)10-16-18(11)30-21(29)23-16/h3-4,6-8,10,17,21,23,29H,2,5,9H2,1H3,(H,27,28). The number of carboxylic acid groups (broad SMARTS) is 1. The van der Waals surface area contributed by atoms with E-state index in [0.29, 0.717) is 40.7 Å². The lowest BCUT2D eigenvalue weighted by Crippen LogP contribution is -2.33. The Balaban J connectivity index is 1.89. The first kappa shape index (κ1) is 20.4. The fourth-order valence-corrected chi connectivity index (χ4v) is 4.23. The summed E-state index contributed by atoms with van der Waals surface area (Å²) >= 11 is 3.46. The fraction of sp³-hybridized carbons (Fsp3) is 0.286. The van der Waals surface area contributed by atoms with Crippen LogP contribution in [0.4, 0.5) is 5.69 Å². The lowest BCUT2D eigenvalue weighted by atomic mass is 10.0. The van der Waals surface area contributed by atoms with Crippen molar-refractivity contribution in [1.29, 1.82) is 0 Å². The van der Waals surface area contributed by atoms with Crippen LogP contribution in [0.3, 0.4) is 0 Å². The first-order valence-corrected chi connectivity index (χ1v) is 10.3. The molecule has 9 heteroatoms. The van der Waals surface area contributed by atoms with Gasteiger partial charge in [-0.25, -0.2) is 9.48 Å². The minimum absolute atomic E-state index is 0.287. The van der Waals surface area contributed by atoms with E-state index in [9.17, 15) is 19.8 Å². The molecule has 1 aromatic heterocycles. The zero-order valence-electron chi connectivity index (χ0n) is 16.1. The van der Waals surface area contributed by atoms with Gasteiger partial charge in [-0.1, -0.05) is 47.5 Å². The molecule has 3 aromatic rings.